The molecule has 0 spiro atoms. The lowest BCUT2D eigenvalue weighted by Gasteiger charge is -2.16. The Kier molecular flexibility index (Phi) is 6.48. The van der Waals surface area contributed by atoms with Crippen LogP contribution in [0.1, 0.15) is 35.1 Å². The molecule has 2 aliphatic carbocycles. The fourth-order valence-electron chi connectivity index (χ4n) is 4.31. The van der Waals surface area contributed by atoms with E-state index in [-0.39, 0.29) is 23.6 Å². The number of hydrogen-bond acceptors (Lipinski definition) is 5. The summed E-state index contributed by atoms with van der Waals surface area (Å²) in [6.45, 7) is -0.0126. The van der Waals surface area contributed by atoms with Crippen molar-refractivity contribution < 1.29 is 22.3 Å². The van der Waals surface area contributed by atoms with Crippen molar-refractivity contribution in [1.82, 2.24) is 4.72 Å². The summed E-state index contributed by atoms with van der Waals surface area (Å²) >= 11 is 0. The summed E-state index contributed by atoms with van der Waals surface area (Å²) in [6.07, 6.45) is 6.20. The minimum atomic E-state index is -4.07. The highest BCUT2D eigenvalue weighted by atomic mass is 32.2. The first-order chi connectivity index (χ1) is 15.4. The SMILES string of the molecule is NCC(=CF)COc1ccc(S(=O)(=O)NC(=O)Nc2c3c(cc4c2CCC4)CCC3)cc1. The van der Waals surface area contributed by atoms with Crippen molar-refractivity contribution in [3.63, 3.8) is 0 Å². The van der Waals surface area contributed by atoms with Crippen molar-refractivity contribution in [2.24, 2.45) is 5.73 Å². The summed E-state index contributed by atoms with van der Waals surface area (Å²) in [7, 11) is -4.07. The Labute approximate surface area is 186 Å². The molecule has 0 unspecified atom stereocenters. The lowest BCUT2D eigenvalue weighted by atomic mass is 9.99. The number of aryl methyl sites for hydroxylation is 2. The third-order valence-corrected chi connectivity index (χ3v) is 7.26. The van der Waals surface area contributed by atoms with Crippen LogP contribution in [0, 0.1) is 0 Å². The standard InChI is InChI=1S/C23H26FN3O4S/c24-12-15(13-25)14-31-18-7-9-19(10-8-18)32(29,30)27-23(28)26-22-20-5-1-3-16(20)11-17-4-2-6-21(17)22/h7-12H,1-6,13-14,25H2,(H2,26,27,28). The van der Waals surface area contributed by atoms with E-state index in [4.69, 9.17) is 10.5 Å². The van der Waals surface area contributed by atoms with Crippen LogP contribution >= 0.6 is 0 Å². The first-order valence-electron chi connectivity index (χ1n) is 10.6. The Bertz CT molecular complexity index is 1130. The van der Waals surface area contributed by atoms with Gasteiger partial charge in [-0.15, -0.1) is 0 Å². The third kappa shape index (κ3) is 4.63. The molecule has 0 atom stereocenters. The number of anilines is 1. The van der Waals surface area contributed by atoms with Gasteiger partial charge in [0.25, 0.3) is 10.0 Å². The number of sulfonamides is 1. The molecule has 0 saturated heterocycles. The second-order valence-electron chi connectivity index (χ2n) is 8.03. The Morgan fingerprint density at radius 2 is 1.69 bits per heavy atom. The van der Waals surface area contributed by atoms with Gasteiger partial charge < -0.3 is 15.8 Å². The monoisotopic (exact) mass is 459 g/mol. The number of fused-ring (bicyclic) bond motifs is 2. The molecule has 2 aromatic carbocycles. The zero-order valence-corrected chi connectivity index (χ0v) is 18.4. The molecule has 0 fully saturated rings. The van der Waals surface area contributed by atoms with Gasteiger partial charge in [0.2, 0.25) is 0 Å². The average Bonchev–Trinajstić information content (AvgIpc) is 3.43. The summed E-state index contributed by atoms with van der Waals surface area (Å²) in [4.78, 5) is 12.6. The lowest BCUT2D eigenvalue weighted by molar-refractivity contribution is 0.256. The van der Waals surface area contributed by atoms with Crippen LogP contribution in [0.25, 0.3) is 0 Å². The van der Waals surface area contributed by atoms with Crippen LogP contribution in [-0.2, 0) is 35.7 Å². The number of carbonyl (C=O) groups is 1. The smallest absolute Gasteiger partial charge is 0.333 e. The number of nitrogens with two attached hydrogens (primary N) is 1. The number of benzene rings is 2. The summed E-state index contributed by atoms with van der Waals surface area (Å²) in [5.41, 5.74) is 11.2. The maximum absolute atomic E-state index is 12.7. The van der Waals surface area contributed by atoms with Crippen molar-refractivity contribution in [3.05, 3.63) is 64.5 Å². The lowest BCUT2D eigenvalue weighted by Crippen LogP contribution is -2.35. The quantitative estimate of drug-likeness (QED) is 0.588. The van der Waals surface area contributed by atoms with Gasteiger partial charge >= 0.3 is 6.03 Å². The van der Waals surface area contributed by atoms with E-state index in [1.165, 1.54) is 35.4 Å². The predicted molar refractivity (Wildman–Crippen MR) is 120 cm³/mol. The molecule has 0 saturated carbocycles. The van der Waals surface area contributed by atoms with Crippen molar-refractivity contribution in [1.29, 1.82) is 0 Å². The van der Waals surface area contributed by atoms with E-state index in [9.17, 15) is 17.6 Å². The Balaban J connectivity index is 1.45. The van der Waals surface area contributed by atoms with Crippen molar-refractivity contribution >= 4 is 21.7 Å². The van der Waals surface area contributed by atoms with Gasteiger partial charge in [0.15, 0.2) is 0 Å². The molecule has 2 aliphatic rings. The first kappa shape index (κ1) is 22.3. The molecule has 170 valence electrons. The van der Waals surface area contributed by atoms with Gasteiger partial charge in [0.05, 0.1) is 11.2 Å². The zero-order valence-electron chi connectivity index (χ0n) is 17.6. The number of hydrogen-bond donors (Lipinski definition) is 3. The molecule has 7 nitrogen and oxygen atoms in total. The molecule has 32 heavy (non-hydrogen) atoms. The maximum Gasteiger partial charge on any atom is 0.333 e. The fourth-order valence-corrected chi connectivity index (χ4v) is 5.22. The second kappa shape index (κ2) is 9.30. The van der Waals surface area contributed by atoms with Gasteiger partial charge in [-0.25, -0.2) is 22.3 Å². The fraction of sp³-hybridized carbons (Fsp3) is 0.348. The minimum Gasteiger partial charge on any atom is -0.489 e. The van der Waals surface area contributed by atoms with E-state index in [0.717, 1.165) is 55.3 Å². The molecule has 0 heterocycles. The van der Waals surface area contributed by atoms with E-state index >= 15 is 0 Å². The van der Waals surface area contributed by atoms with E-state index in [1.807, 2.05) is 0 Å². The van der Waals surface area contributed by atoms with Gasteiger partial charge in [-0.1, -0.05) is 6.07 Å². The summed E-state index contributed by atoms with van der Waals surface area (Å²) in [5.74, 6) is 0.358. The average molecular weight is 460 g/mol. The highest BCUT2D eigenvalue weighted by Crippen LogP contribution is 2.38. The summed E-state index contributed by atoms with van der Waals surface area (Å²) < 4.78 is 45.4. The van der Waals surface area contributed by atoms with Crippen LogP contribution in [0.2, 0.25) is 0 Å². The number of rotatable bonds is 7. The number of carbonyl (C=O) groups excluding carboxylic acids is 1. The van der Waals surface area contributed by atoms with Gasteiger partial charge in [-0.05, 0) is 85.0 Å². The topological polar surface area (TPSA) is 111 Å². The maximum atomic E-state index is 12.7. The molecule has 4 N–H and O–H groups in total. The van der Waals surface area contributed by atoms with Crippen LogP contribution < -0.4 is 20.5 Å². The van der Waals surface area contributed by atoms with Crippen LogP contribution in [0.4, 0.5) is 14.9 Å². The summed E-state index contributed by atoms with van der Waals surface area (Å²) in [6, 6.07) is 6.99. The Hall–Kier alpha value is -2.91. The van der Waals surface area contributed by atoms with Crippen LogP contribution in [0.5, 0.6) is 5.75 Å². The van der Waals surface area contributed by atoms with Crippen molar-refractivity contribution in [2.45, 2.75) is 43.4 Å². The number of nitrogens with one attached hydrogen (secondary N) is 2. The largest absolute Gasteiger partial charge is 0.489 e. The molecule has 4 rings (SSSR count). The number of amides is 2. The number of halogens is 1. The van der Waals surface area contributed by atoms with E-state index in [2.05, 4.69) is 16.1 Å². The molecule has 0 radical (unpaired) electrons. The van der Waals surface area contributed by atoms with E-state index in [1.54, 1.807) is 0 Å². The molecular weight excluding hydrogens is 433 g/mol. The Morgan fingerprint density at radius 3 is 2.25 bits per heavy atom. The van der Waals surface area contributed by atoms with E-state index in [0.29, 0.717) is 12.1 Å². The summed E-state index contributed by atoms with van der Waals surface area (Å²) in [5, 5.41) is 2.82. The van der Waals surface area contributed by atoms with Gasteiger partial charge in [0, 0.05) is 17.8 Å². The normalized spacial score (nSPS) is 15.2. The van der Waals surface area contributed by atoms with Crippen LogP contribution in [0.3, 0.4) is 0 Å². The second-order valence-corrected chi connectivity index (χ2v) is 9.71. The van der Waals surface area contributed by atoms with E-state index < -0.39 is 16.1 Å². The number of ether oxygens (including phenoxy) is 1. The Morgan fingerprint density at radius 1 is 1.06 bits per heavy atom. The number of urea groups is 1. The first-order valence-corrected chi connectivity index (χ1v) is 12.1. The molecule has 2 aromatic rings. The van der Waals surface area contributed by atoms with Crippen LogP contribution in [-0.4, -0.2) is 27.6 Å². The molecule has 2 amide bonds. The molecule has 9 heteroatoms. The predicted octanol–water partition coefficient (Wildman–Crippen LogP) is 3.37. The third-order valence-electron chi connectivity index (χ3n) is 5.91. The van der Waals surface area contributed by atoms with Crippen LogP contribution in [0.15, 0.2) is 47.1 Å². The minimum absolute atomic E-state index is 0.0236. The van der Waals surface area contributed by atoms with Crippen molar-refractivity contribution in [2.75, 3.05) is 18.5 Å². The van der Waals surface area contributed by atoms with Gasteiger partial charge in [-0.2, -0.15) is 0 Å². The van der Waals surface area contributed by atoms with Gasteiger partial charge in [-0.3, -0.25) is 0 Å². The molecule has 0 aromatic heterocycles. The molecular formula is C23H26FN3O4S. The van der Waals surface area contributed by atoms with Crippen molar-refractivity contribution in [3.8, 4) is 5.75 Å². The molecule has 0 bridgehead atoms. The van der Waals surface area contributed by atoms with Gasteiger partial charge in [0.1, 0.15) is 12.4 Å². The highest BCUT2D eigenvalue weighted by Gasteiger charge is 2.26. The zero-order chi connectivity index (χ0) is 22.7. The molecule has 0 aliphatic heterocycles. The highest BCUT2D eigenvalue weighted by molar-refractivity contribution is 7.90.